The van der Waals surface area contributed by atoms with Gasteiger partial charge in [0.15, 0.2) is 17.3 Å². The summed E-state index contributed by atoms with van der Waals surface area (Å²) in [5.41, 5.74) is 2.24. The number of pyridine rings is 1. The van der Waals surface area contributed by atoms with Crippen molar-refractivity contribution < 1.29 is 14.6 Å². The van der Waals surface area contributed by atoms with Crippen LogP contribution in [0.3, 0.4) is 0 Å². The number of aromatic hydroxyl groups is 1. The molecule has 4 aromatic rings. The topological polar surface area (TPSA) is 89.4 Å². The first kappa shape index (κ1) is 18.5. The summed E-state index contributed by atoms with van der Waals surface area (Å²) < 4.78 is 10.9. The van der Waals surface area contributed by atoms with Gasteiger partial charge in [-0.05, 0) is 29.8 Å². The summed E-state index contributed by atoms with van der Waals surface area (Å²) in [5, 5.41) is 14.4. The molecule has 7 nitrogen and oxygen atoms in total. The Bertz CT molecular complexity index is 1150. The lowest BCUT2D eigenvalue weighted by molar-refractivity contribution is 0.356. The highest BCUT2D eigenvalue weighted by Gasteiger charge is 2.15. The average molecular weight is 388 g/mol. The number of aromatic nitrogens is 3. The SMILES string of the molecule is COc1cc2nc(-c3ccccc3O)nc(NCc3cccnc3)c2cc1OC. The van der Waals surface area contributed by atoms with E-state index in [1.54, 1.807) is 50.9 Å². The quantitative estimate of drug-likeness (QED) is 0.515. The van der Waals surface area contributed by atoms with Crippen molar-refractivity contribution in [1.29, 1.82) is 0 Å². The number of anilines is 1. The van der Waals surface area contributed by atoms with Crippen molar-refractivity contribution in [3.8, 4) is 28.6 Å². The van der Waals surface area contributed by atoms with Gasteiger partial charge < -0.3 is 19.9 Å². The number of nitrogens with one attached hydrogen (secondary N) is 1. The Morgan fingerprint density at radius 3 is 2.48 bits per heavy atom. The molecule has 29 heavy (non-hydrogen) atoms. The molecule has 0 saturated heterocycles. The Balaban J connectivity index is 1.86. The fraction of sp³-hybridized carbons (Fsp3) is 0.136. The van der Waals surface area contributed by atoms with Crippen LogP contribution in [0.2, 0.25) is 0 Å². The third kappa shape index (κ3) is 3.75. The lowest BCUT2D eigenvalue weighted by Gasteiger charge is -2.14. The number of ether oxygens (including phenoxy) is 2. The van der Waals surface area contributed by atoms with Crippen LogP contribution in [0.1, 0.15) is 5.56 Å². The van der Waals surface area contributed by atoms with E-state index in [1.807, 2.05) is 24.3 Å². The monoisotopic (exact) mass is 388 g/mol. The molecule has 2 N–H and O–H groups in total. The summed E-state index contributed by atoms with van der Waals surface area (Å²) in [6.07, 6.45) is 3.53. The number of phenolic OH excluding ortho intramolecular Hbond substituents is 1. The van der Waals surface area contributed by atoms with Crippen LogP contribution in [-0.4, -0.2) is 34.3 Å². The summed E-state index contributed by atoms with van der Waals surface area (Å²) in [5.74, 6) is 2.31. The third-order valence-corrected chi connectivity index (χ3v) is 4.53. The molecule has 0 fully saturated rings. The van der Waals surface area contributed by atoms with E-state index in [1.165, 1.54) is 0 Å². The van der Waals surface area contributed by atoms with E-state index in [9.17, 15) is 5.11 Å². The molecule has 2 aromatic carbocycles. The summed E-state index contributed by atoms with van der Waals surface area (Å²) >= 11 is 0. The Hall–Kier alpha value is -3.87. The molecule has 0 aliphatic heterocycles. The van der Waals surface area contributed by atoms with Gasteiger partial charge in [-0.2, -0.15) is 0 Å². The van der Waals surface area contributed by atoms with Crippen LogP contribution in [0.25, 0.3) is 22.3 Å². The highest BCUT2D eigenvalue weighted by Crippen LogP contribution is 2.36. The molecule has 7 heteroatoms. The Labute approximate surface area is 168 Å². The Morgan fingerprint density at radius 2 is 1.76 bits per heavy atom. The van der Waals surface area contributed by atoms with Crippen LogP contribution in [-0.2, 0) is 6.54 Å². The number of nitrogens with zero attached hydrogens (tertiary/aromatic N) is 3. The van der Waals surface area contributed by atoms with Crippen molar-refractivity contribution in [2.45, 2.75) is 6.54 Å². The first-order chi connectivity index (χ1) is 14.2. The fourth-order valence-corrected chi connectivity index (χ4v) is 3.06. The fourth-order valence-electron chi connectivity index (χ4n) is 3.06. The number of hydrogen-bond donors (Lipinski definition) is 2. The molecule has 0 amide bonds. The second-order valence-electron chi connectivity index (χ2n) is 6.35. The van der Waals surface area contributed by atoms with E-state index in [0.717, 1.165) is 10.9 Å². The molecule has 0 aliphatic rings. The van der Waals surface area contributed by atoms with Gasteiger partial charge in [-0.3, -0.25) is 4.98 Å². The highest BCUT2D eigenvalue weighted by atomic mass is 16.5. The van der Waals surface area contributed by atoms with E-state index < -0.39 is 0 Å². The van der Waals surface area contributed by atoms with Gasteiger partial charge in [0.2, 0.25) is 0 Å². The molecular weight excluding hydrogens is 368 g/mol. The van der Waals surface area contributed by atoms with Crippen molar-refractivity contribution in [3.05, 3.63) is 66.5 Å². The summed E-state index contributed by atoms with van der Waals surface area (Å²) in [4.78, 5) is 13.5. The minimum Gasteiger partial charge on any atom is -0.507 e. The van der Waals surface area contributed by atoms with E-state index in [4.69, 9.17) is 9.47 Å². The average Bonchev–Trinajstić information content (AvgIpc) is 2.77. The molecule has 0 radical (unpaired) electrons. The molecule has 2 heterocycles. The van der Waals surface area contributed by atoms with Gasteiger partial charge >= 0.3 is 0 Å². The van der Waals surface area contributed by atoms with Gasteiger partial charge in [-0.15, -0.1) is 0 Å². The number of methoxy groups -OCH3 is 2. The predicted octanol–water partition coefficient (Wildman–Crippen LogP) is 4.03. The Morgan fingerprint density at radius 1 is 0.966 bits per heavy atom. The smallest absolute Gasteiger partial charge is 0.165 e. The molecule has 0 unspecified atom stereocenters. The maximum atomic E-state index is 10.3. The molecule has 0 spiro atoms. The Kier molecular flexibility index (Phi) is 5.11. The molecule has 0 bridgehead atoms. The number of rotatable bonds is 6. The zero-order valence-corrected chi connectivity index (χ0v) is 16.1. The zero-order valence-electron chi connectivity index (χ0n) is 16.1. The second kappa shape index (κ2) is 8.02. The van der Waals surface area contributed by atoms with E-state index in [2.05, 4.69) is 20.3 Å². The number of para-hydroxylation sites is 1. The number of hydrogen-bond acceptors (Lipinski definition) is 7. The standard InChI is InChI=1S/C22H20N4O3/c1-28-19-10-16-17(11-20(19)29-2)25-22(15-7-3-4-8-18(15)27)26-21(16)24-13-14-6-5-9-23-12-14/h3-12,27H,13H2,1-2H3,(H,24,25,26). The summed E-state index contributed by atoms with van der Waals surface area (Å²) in [7, 11) is 3.17. The van der Waals surface area contributed by atoms with Gasteiger partial charge in [0.1, 0.15) is 11.6 Å². The van der Waals surface area contributed by atoms with Gasteiger partial charge in [0, 0.05) is 30.4 Å². The number of phenols is 1. The lowest BCUT2D eigenvalue weighted by atomic mass is 10.1. The molecule has 0 aliphatic carbocycles. The van der Waals surface area contributed by atoms with Gasteiger partial charge in [-0.1, -0.05) is 18.2 Å². The van der Waals surface area contributed by atoms with E-state index in [-0.39, 0.29) is 5.75 Å². The van der Waals surface area contributed by atoms with Crippen LogP contribution >= 0.6 is 0 Å². The van der Waals surface area contributed by atoms with E-state index in [0.29, 0.717) is 40.8 Å². The van der Waals surface area contributed by atoms with Crippen molar-refractivity contribution in [1.82, 2.24) is 15.0 Å². The summed E-state index contributed by atoms with van der Waals surface area (Å²) in [6, 6.07) is 14.5. The van der Waals surface area contributed by atoms with Crippen molar-refractivity contribution in [2.24, 2.45) is 0 Å². The van der Waals surface area contributed by atoms with Crippen molar-refractivity contribution in [3.63, 3.8) is 0 Å². The normalized spacial score (nSPS) is 10.7. The molecule has 4 rings (SSSR count). The van der Waals surface area contributed by atoms with Gasteiger partial charge in [0.25, 0.3) is 0 Å². The van der Waals surface area contributed by atoms with Gasteiger partial charge in [-0.25, -0.2) is 9.97 Å². The minimum absolute atomic E-state index is 0.116. The van der Waals surface area contributed by atoms with Crippen LogP contribution in [0.15, 0.2) is 60.9 Å². The molecule has 0 atom stereocenters. The maximum absolute atomic E-state index is 10.3. The number of fused-ring (bicyclic) bond motifs is 1. The summed E-state index contributed by atoms with van der Waals surface area (Å²) in [6.45, 7) is 0.536. The van der Waals surface area contributed by atoms with Crippen LogP contribution < -0.4 is 14.8 Å². The molecule has 146 valence electrons. The van der Waals surface area contributed by atoms with E-state index >= 15 is 0 Å². The first-order valence-electron chi connectivity index (χ1n) is 9.04. The van der Waals surface area contributed by atoms with Crippen LogP contribution in [0.4, 0.5) is 5.82 Å². The largest absolute Gasteiger partial charge is 0.507 e. The predicted molar refractivity (Wildman–Crippen MR) is 111 cm³/mol. The van der Waals surface area contributed by atoms with Crippen molar-refractivity contribution >= 4 is 16.7 Å². The zero-order chi connectivity index (χ0) is 20.2. The minimum atomic E-state index is 0.116. The van der Waals surface area contributed by atoms with Crippen molar-refractivity contribution in [2.75, 3.05) is 19.5 Å². The maximum Gasteiger partial charge on any atom is 0.165 e. The molecule has 0 saturated carbocycles. The van der Waals surface area contributed by atoms with Gasteiger partial charge in [0.05, 0.1) is 25.3 Å². The first-order valence-corrected chi connectivity index (χ1v) is 9.04. The molecule has 2 aromatic heterocycles. The third-order valence-electron chi connectivity index (χ3n) is 4.53. The van der Waals surface area contributed by atoms with Crippen LogP contribution in [0, 0.1) is 0 Å². The second-order valence-corrected chi connectivity index (χ2v) is 6.35. The number of benzene rings is 2. The van der Waals surface area contributed by atoms with Crippen LogP contribution in [0.5, 0.6) is 17.2 Å². The highest BCUT2D eigenvalue weighted by molar-refractivity contribution is 5.93. The molecular formula is C22H20N4O3. The lowest BCUT2D eigenvalue weighted by Crippen LogP contribution is -2.05.